The van der Waals surface area contributed by atoms with Crippen LogP contribution >= 0.6 is 0 Å². The van der Waals surface area contributed by atoms with Crippen molar-refractivity contribution in [3.8, 4) is 0 Å². The van der Waals surface area contributed by atoms with Gasteiger partial charge in [-0.15, -0.1) is 0 Å². The molecule has 0 spiro atoms. The number of aliphatic hydroxyl groups is 1. The molecule has 2 N–H and O–H groups in total. The van der Waals surface area contributed by atoms with Crippen LogP contribution in [-0.2, 0) is 6.42 Å². The predicted molar refractivity (Wildman–Crippen MR) is 99.0 cm³/mol. The van der Waals surface area contributed by atoms with E-state index in [1.807, 2.05) is 39.2 Å². The molecule has 0 radical (unpaired) electrons. The van der Waals surface area contributed by atoms with E-state index >= 15 is 0 Å². The molecule has 7 nitrogen and oxygen atoms in total. The van der Waals surface area contributed by atoms with Gasteiger partial charge in [0.1, 0.15) is 0 Å². The van der Waals surface area contributed by atoms with Crippen LogP contribution in [0.3, 0.4) is 0 Å². The molecule has 2 aromatic heterocycles. The van der Waals surface area contributed by atoms with E-state index in [-0.39, 0.29) is 24.0 Å². The highest BCUT2D eigenvalue weighted by molar-refractivity contribution is 5.95. The van der Waals surface area contributed by atoms with Gasteiger partial charge in [-0.25, -0.2) is 9.97 Å². The number of rotatable bonds is 6. The fraction of sp³-hybridized carbons (Fsp3) is 0.474. The summed E-state index contributed by atoms with van der Waals surface area (Å²) in [6.07, 6.45) is 5.09. The van der Waals surface area contributed by atoms with Crippen molar-refractivity contribution in [3.63, 3.8) is 0 Å². The van der Waals surface area contributed by atoms with Gasteiger partial charge >= 0.3 is 0 Å². The molecule has 1 aliphatic carbocycles. The Hall–Kier alpha value is -2.54. The lowest BCUT2D eigenvalue weighted by Crippen LogP contribution is -2.48. The van der Waals surface area contributed by atoms with Crippen LogP contribution in [0.4, 0.5) is 5.95 Å². The SMILES string of the molecule is Cc1nc(N(C)C)ncc1C(=O)N[C@H](Cc1ccccn1)C1CC(O)C1. The molecule has 3 rings (SSSR count). The standard InChI is InChI=1S/C19H25N5O2/c1-12-16(11-21-19(22-12)24(2)3)18(26)23-17(13-8-15(25)9-13)10-14-6-4-5-7-20-14/h4-7,11,13,15,17,25H,8-10H2,1-3H3,(H,23,26)/t13?,15?,17-/m1/s1. The lowest BCUT2D eigenvalue weighted by atomic mass is 9.76. The van der Waals surface area contributed by atoms with E-state index in [9.17, 15) is 9.90 Å². The molecule has 1 saturated carbocycles. The number of hydrogen-bond acceptors (Lipinski definition) is 6. The van der Waals surface area contributed by atoms with Crippen molar-refractivity contribution in [3.05, 3.63) is 47.5 Å². The molecule has 2 heterocycles. The number of aliphatic hydroxyl groups excluding tert-OH is 1. The Kier molecular flexibility index (Phi) is 5.46. The normalized spacial score (nSPS) is 20.2. The van der Waals surface area contributed by atoms with Crippen LogP contribution in [0.5, 0.6) is 0 Å². The van der Waals surface area contributed by atoms with Gasteiger partial charge in [-0.3, -0.25) is 9.78 Å². The first-order valence-corrected chi connectivity index (χ1v) is 8.84. The number of nitrogens with zero attached hydrogens (tertiary/aromatic N) is 4. The zero-order valence-corrected chi connectivity index (χ0v) is 15.4. The molecule has 0 aromatic carbocycles. The molecule has 0 bridgehead atoms. The van der Waals surface area contributed by atoms with E-state index in [2.05, 4.69) is 20.3 Å². The second-order valence-electron chi connectivity index (χ2n) is 7.05. The maximum Gasteiger partial charge on any atom is 0.254 e. The third kappa shape index (κ3) is 4.16. The molecule has 7 heteroatoms. The molecule has 1 amide bonds. The number of aryl methyl sites for hydroxylation is 1. The highest BCUT2D eigenvalue weighted by Crippen LogP contribution is 2.31. The smallest absolute Gasteiger partial charge is 0.254 e. The van der Waals surface area contributed by atoms with E-state index in [1.165, 1.54) is 0 Å². The first-order valence-electron chi connectivity index (χ1n) is 8.84. The minimum Gasteiger partial charge on any atom is -0.393 e. The molecular weight excluding hydrogens is 330 g/mol. The molecule has 0 saturated heterocycles. The van der Waals surface area contributed by atoms with Gasteiger partial charge in [0.05, 0.1) is 17.4 Å². The Morgan fingerprint density at radius 3 is 2.69 bits per heavy atom. The minimum absolute atomic E-state index is 0.0753. The summed E-state index contributed by atoms with van der Waals surface area (Å²) in [5.41, 5.74) is 2.04. The maximum atomic E-state index is 12.8. The van der Waals surface area contributed by atoms with Gasteiger partial charge < -0.3 is 15.3 Å². The molecular formula is C19H25N5O2. The summed E-state index contributed by atoms with van der Waals surface area (Å²) < 4.78 is 0. The summed E-state index contributed by atoms with van der Waals surface area (Å²) in [5.74, 6) is 0.638. The maximum absolute atomic E-state index is 12.8. The zero-order valence-electron chi connectivity index (χ0n) is 15.4. The Morgan fingerprint density at radius 1 is 1.35 bits per heavy atom. The highest BCUT2D eigenvalue weighted by atomic mass is 16.3. The first kappa shape index (κ1) is 18.3. The minimum atomic E-state index is -0.271. The molecule has 1 aliphatic rings. The van der Waals surface area contributed by atoms with E-state index < -0.39 is 0 Å². The number of anilines is 1. The Morgan fingerprint density at radius 2 is 2.12 bits per heavy atom. The predicted octanol–water partition coefficient (Wildman–Crippen LogP) is 1.36. The Bertz CT molecular complexity index is 760. The summed E-state index contributed by atoms with van der Waals surface area (Å²) in [4.78, 5) is 27.6. The van der Waals surface area contributed by atoms with Gasteiger partial charge in [0.2, 0.25) is 5.95 Å². The number of nitrogens with one attached hydrogen (secondary N) is 1. The summed E-state index contributed by atoms with van der Waals surface area (Å²) in [7, 11) is 3.72. The van der Waals surface area contributed by atoms with Crippen molar-refractivity contribution in [1.82, 2.24) is 20.3 Å². The van der Waals surface area contributed by atoms with Crippen molar-refractivity contribution in [2.45, 2.75) is 38.3 Å². The van der Waals surface area contributed by atoms with Crippen molar-refractivity contribution in [2.75, 3.05) is 19.0 Å². The van der Waals surface area contributed by atoms with Crippen molar-refractivity contribution in [2.24, 2.45) is 5.92 Å². The van der Waals surface area contributed by atoms with Crippen LogP contribution in [0.1, 0.15) is 34.6 Å². The van der Waals surface area contributed by atoms with Gasteiger partial charge in [-0.05, 0) is 37.8 Å². The Balaban J connectivity index is 1.74. The summed E-state index contributed by atoms with van der Waals surface area (Å²) in [6, 6.07) is 5.69. The number of amides is 1. The Labute approximate surface area is 153 Å². The van der Waals surface area contributed by atoms with Gasteiger partial charge in [0.25, 0.3) is 5.91 Å². The lowest BCUT2D eigenvalue weighted by molar-refractivity contribution is 0.0237. The van der Waals surface area contributed by atoms with Crippen LogP contribution in [0.2, 0.25) is 0 Å². The topological polar surface area (TPSA) is 91.2 Å². The van der Waals surface area contributed by atoms with Gasteiger partial charge in [0, 0.05) is 44.6 Å². The molecule has 1 atom stereocenters. The number of carbonyl (C=O) groups excluding carboxylic acids is 1. The average Bonchev–Trinajstić information content (AvgIpc) is 2.59. The van der Waals surface area contributed by atoms with Crippen LogP contribution in [0.15, 0.2) is 30.6 Å². The molecule has 26 heavy (non-hydrogen) atoms. The van der Waals surface area contributed by atoms with Crippen LogP contribution < -0.4 is 10.2 Å². The largest absolute Gasteiger partial charge is 0.393 e. The molecule has 0 unspecified atom stereocenters. The van der Waals surface area contributed by atoms with Gasteiger partial charge in [-0.2, -0.15) is 0 Å². The third-order valence-corrected chi connectivity index (χ3v) is 4.80. The van der Waals surface area contributed by atoms with Crippen molar-refractivity contribution in [1.29, 1.82) is 0 Å². The first-order chi connectivity index (χ1) is 12.4. The van der Waals surface area contributed by atoms with E-state index in [0.717, 1.165) is 5.69 Å². The zero-order chi connectivity index (χ0) is 18.7. The average molecular weight is 355 g/mol. The van der Waals surface area contributed by atoms with Crippen molar-refractivity contribution < 1.29 is 9.90 Å². The number of aromatic nitrogens is 3. The van der Waals surface area contributed by atoms with E-state index in [1.54, 1.807) is 17.3 Å². The second kappa shape index (κ2) is 7.78. The summed E-state index contributed by atoms with van der Waals surface area (Å²) >= 11 is 0. The van der Waals surface area contributed by atoms with Crippen LogP contribution in [0.25, 0.3) is 0 Å². The fourth-order valence-electron chi connectivity index (χ4n) is 3.18. The molecule has 0 aliphatic heterocycles. The number of pyridine rings is 1. The van der Waals surface area contributed by atoms with Crippen LogP contribution in [0, 0.1) is 12.8 Å². The van der Waals surface area contributed by atoms with E-state index in [0.29, 0.717) is 36.5 Å². The highest BCUT2D eigenvalue weighted by Gasteiger charge is 2.35. The van der Waals surface area contributed by atoms with Crippen molar-refractivity contribution >= 4 is 11.9 Å². The monoisotopic (exact) mass is 355 g/mol. The van der Waals surface area contributed by atoms with Crippen LogP contribution in [-0.4, -0.2) is 52.2 Å². The third-order valence-electron chi connectivity index (χ3n) is 4.80. The quantitative estimate of drug-likeness (QED) is 0.813. The number of carbonyl (C=O) groups is 1. The van der Waals surface area contributed by atoms with Gasteiger partial charge in [-0.1, -0.05) is 6.07 Å². The fourth-order valence-corrected chi connectivity index (χ4v) is 3.18. The molecule has 2 aromatic rings. The second-order valence-corrected chi connectivity index (χ2v) is 7.05. The summed E-state index contributed by atoms with van der Waals surface area (Å²) in [5, 5.41) is 12.8. The van der Waals surface area contributed by atoms with Gasteiger partial charge in [0.15, 0.2) is 0 Å². The summed E-state index contributed by atoms with van der Waals surface area (Å²) in [6.45, 7) is 1.81. The van der Waals surface area contributed by atoms with E-state index in [4.69, 9.17) is 0 Å². The number of hydrogen-bond donors (Lipinski definition) is 2. The molecule has 1 fully saturated rings. The lowest BCUT2D eigenvalue weighted by Gasteiger charge is -2.38. The molecule has 138 valence electrons.